The molecule has 1 atom stereocenters. The van der Waals surface area contributed by atoms with E-state index < -0.39 is 22.1 Å². The van der Waals surface area contributed by atoms with Crippen molar-refractivity contribution in [3.05, 3.63) is 24.2 Å². The highest BCUT2D eigenvalue weighted by Crippen LogP contribution is 2.33. The summed E-state index contributed by atoms with van der Waals surface area (Å²) < 4.78 is 73.3. The summed E-state index contributed by atoms with van der Waals surface area (Å²) in [4.78, 5) is 7.32. The standard InChI is InChI=1S/C15H15F3N4O4S/c16-15(17,18)14-20-13(21-26-14)9-1-4-12(19-7-9)25-10-5-6-22(8-10)27(23,24)11-2-3-11/h1,4,7,10-11H,2-3,5-6,8H2/t10-/m0/s1. The molecule has 0 radical (unpaired) electrons. The van der Waals surface area contributed by atoms with Gasteiger partial charge in [-0.3, -0.25) is 0 Å². The van der Waals surface area contributed by atoms with Gasteiger partial charge in [0.1, 0.15) is 6.10 Å². The second-order valence-corrected chi connectivity index (χ2v) is 8.65. The molecule has 0 spiro atoms. The first-order chi connectivity index (χ1) is 12.7. The number of ether oxygens (including phenoxy) is 1. The van der Waals surface area contributed by atoms with E-state index in [9.17, 15) is 21.6 Å². The van der Waals surface area contributed by atoms with Gasteiger partial charge in [-0.25, -0.2) is 13.4 Å². The highest BCUT2D eigenvalue weighted by atomic mass is 32.2. The first-order valence-electron chi connectivity index (χ1n) is 8.26. The lowest BCUT2D eigenvalue weighted by Gasteiger charge is -2.16. The van der Waals surface area contributed by atoms with Gasteiger partial charge in [0.05, 0.1) is 11.8 Å². The summed E-state index contributed by atoms with van der Waals surface area (Å²) in [6, 6.07) is 2.93. The Bertz CT molecular complexity index is 925. The molecule has 4 rings (SSSR count). The van der Waals surface area contributed by atoms with E-state index in [-0.39, 0.29) is 35.2 Å². The van der Waals surface area contributed by atoms with Crippen molar-refractivity contribution in [2.45, 2.75) is 36.8 Å². The smallest absolute Gasteiger partial charge is 0.471 e. The van der Waals surface area contributed by atoms with Crippen LogP contribution in [0, 0.1) is 0 Å². The molecule has 2 fully saturated rings. The Morgan fingerprint density at radius 1 is 1.22 bits per heavy atom. The van der Waals surface area contributed by atoms with Gasteiger partial charge >= 0.3 is 12.1 Å². The first-order valence-corrected chi connectivity index (χ1v) is 9.77. The predicted molar refractivity (Wildman–Crippen MR) is 85.1 cm³/mol. The van der Waals surface area contributed by atoms with Crippen LogP contribution in [-0.4, -0.2) is 52.3 Å². The Morgan fingerprint density at radius 3 is 2.59 bits per heavy atom. The zero-order valence-corrected chi connectivity index (χ0v) is 14.7. The molecular weight excluding hydrogens is 389 g/mol. The van der Waals surface area contributed by atoms with Crippen LogP contribution in [0.2, 0.25) is 0 Å². The fraction of sp³-hybridized carbons (Fsp3) is 0.533. The molecule has 3 heterocycles. The normalized spacial score (nSPS) is 21.5. The maximum atomic E-state index is 12.5. The third-order valence-electron chi connectivity index (χ3n) is 4.36. The fourth-order valence-corrected chi connectivity index (χ4v) is 4.70. The number of alkyl halides is 3. The molecule has 2 aliphatic rings. The summed E-state index contributed by atoms with van der Waals surface area (Å²) in [5.41, 5.74) is 0.242. The number of sulfonamides is 1. The van der Waals surface area contributed by atoms with Crippen molar-refractivity contribution in [2.24, 2.45) is 0 Å². The van der Waals surface area contributed by atoms with Gasteiger partial charge in [0.15, 0.2) is 0 Å². The topological polar surface area (TPSA) is 98.4 Å². The van der Waals surface area contributed by atoms with Crippen LogP contribution in [0.25, 0.3) is 11.4 Å². The Balaban J connectivity index is 1.39. The van der Waals surface area contributed by atoms with E-state index >= 15 is 0 Å². The van der Waals surface area contributed by atoms with Crippen LogP contribution < -0.4 is 4.74 Å². The van der Waals surface area contributed by atoms with Crippen LogP contribution in [0.5, 0.6) is 5.88 Å². The van der Waals surface area contributed by atoms with E-state index in [4.69, 9.17) is 4.74 Å². The van der Waals surface area contributed by atoms with Gasteiger partial charge < -0.3 is 9.26 Å². The van der Waals surface area contributed by atoms with Crippen molar-refractivity contribution in [3.8, 4) is 17.3 Å². The van der Waals surface area contributed by atoms with E-state index in [2.05, 4.69) is 19.6 Å². The number of hydrogen-bond acceptors (Lipinski definition) is 7. The highest BCUT2D eigenvalue weighted by molar-refractivity contribution is 7.90. The number of nitrogens with zero attached hydrogens (tertiary/aromatic N) is 4. The monoisotopic (exact) mass is 404 g/mol. The van der Waals surface area contributed by atoms with Crippen LogP contribution in [0.4, 0.5) is 13.2 Å². The molecule has 1 saturated carbocycles. The summed E-state index contributed by atoms with van der Waals surface area (Å²) in [5, 5.41) is 3.03. The first kappa shape index (κ1) is 18.2. The lowest BCUT2D eigenvalue weighted by Crippen LogP contribution is -2.33. The number of aromatic nitrogens is 3. The minimum absolute atomic E-state index is 0.232. The van der Waals surface area contributed by atoms with Gasteiger partial charge in [0, 0.05) is 24.4 Å². The quantitative estimate of drug-likeness (QED) is 0.753. The van der Waals surface area contributed by atoms with Crippen molar-refractivity contribution in [1.82, 2.24) is 19.4 Å². The lowest BCUT2D eigenvalue weighted by molar-refractivity contribution is -0.159. The molecular formula is C15H15F3N4O4S. The van der Waals surface area contributed by atoms with Gasteiger partial charge in [0.25, 0.3) is 0 Å². The molecule has 0 N–H and O–H groups in total. The Kier molecular flexibility index (Phi) is 4.34. The highest BCUT2D eigenvalue weighted by Gasteiger charge is 2.43. The molecule has 0 unspecified atom stereocenters. The third-order valence-corrected chi connectivity index (χ3v) is 6.73. The largest absolute Gasteiger partial charge is 0.473 e. The third kappa shape index (κ3) is 3.76. The van der Waals surface area contributed by atoms with Crippen molar-refractivity contribution in [1.29, 1.82) is 0 Å². The Labute approximate surface area is 152 Å². The molecule has 1 aliphatic carbocycles. The summed E-state index contributed by atoms with van der Waals surface area (Å²) in [6.45, 7) is 0.673. The van der Waals surface area contributed by atoms with Crippen molar-refractivity contribution < 1.29 is 30.8 Å². The molecule has 1 aliphatic heterocycles. The van der Waals surface area contributed by atoms with Gasteiger partial charge in [-0.15, -0.1) is 0 Å². The summed E-state index contributed by atoms with van der Waals surface area (Å²) in [6.07, 6.45) is -1.79. The van der Waals surface area contributed by atoms with E-state index in [1.54, 1.807) is 0 Å². The predicted octanol–water partition coefficient (Wildman–Crippen LogP) is 2.10. The Morgan fingerprint density at radius 2 is 2.00 bits per heavy atom. The molecule has 0 bridgehead atoms. The molecule has 2 aromatic rings. The van der Waals surface area contributed by atoms with Crippen molar-refractivity contribution >= 4 is 10.0 Å². The summed E-state index contributed by atoms with van der Waals surface area (Å²) in [5.74, 6) is -1.42. The lowest BCUT2D eigenvalue weighted by atomic mass is 10.2. The van der Waals surface area contributed by atoms with Gasteiger partial charge in [-0.05, 0) is 25.3 Å². The second-order valence-electron chi connectivity index (χ2n) is 6.44. The SMILES string of the molecule is O=S(=O)(C1CC1)N1CC[C@H](Oc2ccc(-c3noc(C(F)(F)F)n3)cn2)C1. The van der Waals surface area contributed by atoms with Crippen molar-refractivity contribution in [2.75, 3.05) is 13.1 Å². The average Bonchev–Trinajstić information content (AvgIpc) is 3.16. The number of pyridine rings is 1. The van der Waals surface area contributed by atoms with Crippen LogP contribution >= 0.6 is 0 Å². The number of halogens is 3. The summed E-state index contributed by atoms with van der Waals surface area (Å²) >= 11 is 0. The molecule has 0 amide bonds. The fourth-order valence-electron chi connectivity index (χ4n) is 2.81. The van der Waals surface area contributed by atoms with Gasteiger partial charge in [-0.2, -0.15) is 22.5 Å². The van der Waals surface area contributed by atoms with Crippen LogP contribution in [-0.2, 0) is 16.2 Å². The maximum Gasteiger partial charge on any atom is 0.471 e. The zero-order chi connectivity index (χ0) is 19.2. The average molecular weight is 404 g/mol. The minimum Gasteiger partial charge on any atom is -0.473 e. The molecule has 1 saturated heterocycles. The molecule has 8 nitrogen and oxygen atoms in total. The van der Waals surface area contributed by atoms with Gasteiger partial charge in [0.2, 0.25) is 21.7 Å². The number of hydrogen-bond donors (Lipinski definition) is 0. The van der Waals surface area contributed by atoms with Gasteiger partial charge in [-0.1, -0.05) is 5.16 Å². The second kappa shape index (κ2) is 6.44. The Hall–Kier alpha value is -2.21. The van der Waals surface area contributed by atoms with Crippen LogP contribution in [0.1, 0.15) is 25.2 Å². The number of rotatable bonds is 5. The maximum absolute atomic E-state index is 12.5. The van der Waals surface area contributed by atoms with Crippen LogP contribution in [0.3, 0.4) is 0 Å². The van der Waals surface area contributed by atoms with E-state index in [0.29, 0.717) is 25.8 Å². The molecule has 12 heteroatoms. The minimum atomic E-state index is -4.71. The zero-order valence-electron chi connectivity index (χ0n) is 13.9. The molecule has 27 heavy (non-hydrogen) atoms. The molecule has 2 aromatic heterocycles. The molecule has 146 valence electrons. The van der Waals surface area contributed by atoms with E-state index in [1.807, 2.05) is 0 Å². The van der Waals surface area contributed by atoms with Crippen molar-refractivity contribution in [3.63, 3.8) is 0 Å². The van der Waals surface area contributed by atoms with E-state index in [0.717, 1.165) is 0 Å². The van der Waals surface area contributed by atoms with Crippen LogP contribution in [0.15, 0.2) is 22.9 Å². The summed E-state index contributed by atoms with van der Waals surface area (Å²) in [7, 11) is -3.23. The molecule has 0 aromatic carbocycles. The van der Waals surface area contributed by atoms with E-state index in [1.165, 1.54) is 22.6 Å².